The molecule has 0 radical (unpaired) electrons. The van der Waals surface area contributed by atoms with E-state index in [1.165, 1.54) is 96.3 Å². The molecule has 0 aromatic carbocycles. The van der Waals surface area contributed by atoms with Gasteiger partial charge < -0.3 is 55.9 Å². The van der Waals surface area contributed by atoms with Gasteiger partial charge in [-0.15, -0.1) is 8.67 Å². The Bertz CT molecular complexity index is 4940. The van der Waals surface area contributed by atoms with Crippen LogP contribution in [-0.2, 0) is 122 Å². The molecule has 2 aliphatic heterocycles. The summed E-state index contributed by atoms with van der Waals surface area (Å²) in [5, 5.41) is 122. The summed E-state index contributed by atoms with van der Waals surface area (Å²) in [4.78, 5) is 27.0. The molecule has 0 amide bonds. The molecule has 0 aromatic rings. The van der Waals surface area contributed by atoms with Crippen molar-refractivity contribution in [3.63, 3.8) is 0 Å². The smallest absolute Gasteiger partial charge is 1.00 e. The van der Waals surface area contributed by atoms with Gasteiger partial charge in [-0.25, -0.2) is 10.1 Å². The Morgan fingerprint density at radius 2 is 0.727 bits per heavy atom. The second-order valence-corrected chi connectivity index (χ2v) is 26.4. The van der Waals surface area contributed by atoms with Gasteiger partial charge in [0.25, 0.3) is 0 Å². The van der Waals surface area contributed by atoms with E-state index in [0.717, 1.165) is 38.5 Å². The van der Waals surface area contributed by atoms with E-state index in [0.29, 0.717) is 18.3 Å². The molecule has 0 saturated carbocycles. The van der Waals surface area contributed by atoms with Crippen molar-refractivity contribution in [3.05, 3.63) is 11.6 Å². The summed E-state index contributed by atoms with van der Waals surface area (Å²) in [7, 11) is 0. The first-order chi connectivity index (χ1) is 63.6. The van der Waals surface area contributed by atoms with Gasteiger partial charge in [-0.2, -0.15) is 0 Å². The van der Waals surface area contributed by atoms with Crippen molar-refractivity contribution < 1.29 is 275 Å². The van der Waals surface area contributed by atoms with Crippen LogP contribution in [0.4, 0.5) is 0 Å². The number of thiol groups is 1. The molecule has 0 spiro atoms. The molecule has 2 saturated heterocycles. The number of hydrogen-bond donors (Lipinski definition) is 7. The summed E-state index contributed by atoms with van der Waals surface area (Å²) in [6.07, 6.45) is 11.7. The number of unbranched alkanes of at least 4 members (excludes halogenated alkanes) is 17. The van der Waals surface area contributed by atoms with Gasteiger partial charge >= 0.3 is 71.1 Å². The van der Waals surface area contributed by atoms with Crippen LogP contribution in [0.25, 0.3) is 0 Å². The minimum absolute atomic E-state index is 0. The van der Waals surface area contributed by atoms with Crippen LogP contribution in [0.3, 0.4) is 0 Å². The zero-order chi connectivity index (χ0) is 95.1. The van der Waals surface area contributed by atoms with E-state index in [2.05, 4.69) is 397 Å². The molecule has 2 aliphatic rings. The van der Waals surface area contributed by atoms with Crippen LogP contribution in [0.2, 0.25) is 0 Å². The molecular formula is C96H176Na2O32S2. The van der Waals surface area contributed by atoms with E-state index in [-0.39, 0.29) is 148 Å². The number of aliphatic hydroxyl groups excluding tert-OH is 5. The molecule has 0 aliphatic carbocycles. The first-order valence-electron chi connectivity index (χ1n) is 39.9. The predicted molar refractivity (Wildman–Crippen MR) is 548 cm³/mol. The maximum absolute atomic E-state index is 13.7. The summed E-state index contributed by atoms with van der Waals surface area (Å²) in [6.45, 7) is 14.4. The van der Waals surface area contributed by atoms with Gasteiger partial charge in [0.15, 0.2) is 36.9 Å². The van der Waals surface area contributed by atoms with Crippen LogP contribution >= 0.6 is 25.2 Å². The minimum Gasteiger partial charge on any atom is -1.00 e. The number of carbonyl (C=O) groups excluding carboxylic acids is 2. The van der Waals surface area contributed by atoms with Gasteiger partial charge in [-0.3, -0.25) is 14.0 Å². The molecule has 13 atom stereocenters. The van der Waals surface area contributed by atoms with Crippen LogP contribution in [0, 0.1) is 290 Å². The fourth-order valence-electron chi connectivity index (χ4n) is 10.6. The third kappa shape index (κ3) is 76.7. The summed E-state index contributed by atoms with van der Waals surface area (Å²) in [6, 6.07) is 0. The number of aliphatic hydroxyl groups is 5. The molecule has 2 fully saturated rings. The van der Waals surface area contributed by atoms with Crippen molar-refractivity contribution in [2.45, 2.75) is 264 Å². The maximum atomic E-state index is 13.7. The van der Waals surface area contributed by atoms with Gasteiger partial charge in [0.2, 0.25) is 6.29 Å². The number of ether oxygens (including phenoxy) is 5. The van der Waals surface area contributed by atoms with Crippen molar-refractivity contribution >= 4 is 37.2 Å². The van der Waals surface area contributed by atoms with Crippen molar-refractivity contribution in [1.29, 1.82) is 0 Å². The Morgan fingerprint density at radius 1 is 0.417 bits per heavy atom. The maximum Gasteiger partial charge on any atom is 1.00 e. The second-order valence-electron chi connectivity index (χ2n) is 25.7. The van der Waals surface area contributed by atoms with E-state index >= 15 is 0 Å². The molecule has 132 heavy (non-hydrogen) atoms. The summed E-state index contributed by atoms with van der Waals surface area (Å²) in [5.41, 5.74) is 0.266. The molecule has 766 valence electrons. The SMILES string of the molecule is CC#CC#CC#CC#CC#CC#CC#CC#CC#CC#CC#CC#CC#CC#CC#CC#CC#CC#CC#CC#CC#CC#CC#CC.CCCCCCCCCCCCCCCC[C@H](C)C[C@H](C)C[C@H](C)/C=C(\C)C(=O)OC1C(O)C(CO)OC(OC2OC(CO)C(O)C(O)C2OSOO[O-])C1OC(=O)CCCCCCC.OOOOOOOOOOOOOOOOS.[H-].[HH].[HH].[HH].[HH].[HH].[HH].[HH].[HH].[HH].[HH].[HH].[HH].[HH].[HH].[HH].[HH].[HH].[HH].[HH].[HH].[HH].[HH].[HH].[HH].[HH].[HH].[HH].[HH].[HH].[HH].[HH].[HH].[HH].[HH].[HH].[HH].[HH].[HH].[HH].[HH].[Na+].[Na+]. The molecule has 6 N–H and O–H groups in total. The van der Waals surface area contributed by atoms with Crippen LogP contribution < -0.4 is 64.4 Å². The zero-order valence-corrected chi connectivity index (χ0v) is 80.1. The normalized spacial score (nSPS) is 16.4. The molecule has 0 bridgehead atoms. The Hall–Kier alpha value is -9.86. The van der Waals surface area contributed by atoms with Gasteiger partial charge in [-0.05, 0) is 223 Å². The Morgan fingerprint density at radius 3 is 1.05 bits per heavy atom. The molecule has 10 unspecified atom stereocenters. The fraction of sp³-hybridized carbons (Fsp3) is 0.479. The number of rotatable bonds is 51. The molecule has 32 nitrogen and oxygen atoms in total. The van der Waals surface area contributed by atoms with Crippen LogP contribution in [0.5, 0.6) is 0 Å². The van der Waals surface area contributed by atoms with Crippen molar-refractivity contribution in [2.75, 3.05) is 13.2 Å². The number of carbonyl (C=O) groups is 2. The third-order valence-electron chi connectivity index (χ3n) is 15.9. The quantitative estimate of drug-likeness (QED) is 0.00342. The Kier molecular flexibility index (Phi) is 93.0. The third-order valence-corrected chi connectivity index (χ3v) is 16.4. The van der Waals surface area contributed by atoms with E-state index in [9.17, 15) is 40.4 Å². The molecule has 36 heteroatoms. The van der Waals surface area contributed by atoms with Crippen LogP contribution in [0.1, 0.15) is 262 Å². The number of esters is 2. The first kappa shape index (κ1) is 126. The van der Waals surface area contributed by atoms with E-state index in [4.69, 9.17) is 33.1 Å². The van der Waals surface area contributed by atoms with Gasteiger partial charge in [0.1, 0.15) is 30.5 Å². The number of hydrogen-bond acceptors (Lipinski definition) is 34. The number of allylic oxidation sites excluding steroid dienone is 1. The average Bonchev–Trinajstić information content (AvgIpc) is 0.774. The summed E-state index contributed by atoms with van der Waals surface area (Å²) in [5.74, 6) is 115. The molecule has 2 heterocycles. The topological polar surface area (TPSA) is 391 Å². The van der Waals surface area contributed by atoms with Gasteiger partial charge in [0.05, 0.1) is 13.2 Å². The molecule has 0 aromatic heterocycles. The zero-order valence-electron chi connectivity index (χ0n) is 75.4. The van der Waals surface area contributed by atoms with Crippen molar-refractivity contribution in [2.24, 2.45) is 17.8 Å². The van der Waals surface area contributed by atoms with Crippen molar-refractivity contribution in [3.8, 4) is 272 Å². The molecular weight excluding hydrogens is 1780 g/mol. The van der Waals surface area contributed by atoms with E-state index in [1.54, 1.807) is 20.8 Å². The predicted octanol–water partition coefficient (Wildman–Crippen LogP) is 11.8. The second kappa shape index (κ2) is 97.2. The minimum atomic E-state index is -1.79. The Balaban J connectivity index is -0.0000000335. The summed E-state index contributed by atoms with van der Waals surface area (Å²) >= 11 is 3.04. The summed E-state index contributed by atoms with van der Waals surface area (Å²) < 4.78 is 42.2. The van der Waals surface area contributed by atoms with Crippen LogP contribution in [0.15, 0.2) is 11.6 Å². The van der Waals surface area contributed by atoms with E-state index < -0.39 is 86.6 Å². The fourth-order valence-corrected chi connectivity index (χ4v) is 10.9. The van der Waals surface area contributed by atoms with Gasteiger partial charge in [-0.1, -0.05) is 175 Å². The van der Waals surface area contributed by atoms with Crippen LogP contribution in [-0.4, -0.2) is 117 Å². The Labute approximate surface area is 888 Å². The standard InChI is InChI=1S/C48H88O16S.C48H6.2Na.H2O16S.40H2.H/c1-7-9-11-13-14-15-16-17-18-19-20-21-23-24-26-33(3)28-34(4)29-35(5)30-36(6)46(55)60-43-41(53)38(32-50)58-48(45(43)59-39(51)27-25-22-12-10-8-2)61-47-44(62-65-64-63-56)42(54)40(52)37(31-49)57-47;1-3-5-7-9-11-13-15-17-19-21-23-25-27-29-31-33-35-37-39-41-43-45-47-48-46-44-42-40-38-36-34-32-30-28-26-24-22-20-18-16-14-12-10-8-6-4-2;;;1-2-3-4-5-6-7-8-9-10-11-12-13-14-15-16-17;;;;;;;;;;;;;;;;;;;;;;;;;;;;;;;;;;;;;;;;;/h30,33-35,37-38,40-45,47-50,52-54,56H,7-29,31-32H2,1-6H3;1-2H3;;;1,17H;40*1H;/q;;2*+1;;;;;;;;;;;;;;;;;;;;;;;;;;;;;;;;;;;;;;;;;;-1/p-1/b36-30+;;;;;;;;;;;;;;;;;;;;;;;;;;;;;;;;;;;;;;;;;;;;;/t33-,34-,35-,37?,38?,40?,41?,42?,43?,44?,45?,47?,48?;;;;;;;;;;;;;;;;;;;;;;;;;;;;;;;;;;;;;;;;;;;;;/m0............................................./s1. The average molecular weight is 1950 g/mol. The van der Waals surface area contributed by atoms with Gasteiger partial charge in [0, 0.05) is 248 Å². The molecule has 2 rings (SSSR count). The monoisotopic (exact) mass is 1950 g/mol. The van der Waals surface area contributed by atoms with E-state index in [1.807, 2.05) is 13.0 Å². The van der Waals surface area contributed by atoms with Crippen molar-refractivity contribution in [1.82, 2.24) is 0 Å². The first-order valence-corrected chi connectivity index (χ1v) is 40.9. The largest absolute Gasteiger partial charge is 1.00 e.